The van der Waals surface area contributed by atoms with E-state index in [-0.39, 0.29) is 11.9 Å². The Hall–Kier alpha value is -1.74. The van der Waals surface area contributed by atoms with Crippen molar-refractivity contribution in [2.45, 2.75) is 32.7 Å². The molecule has 0 aliphatic heterocycles. The molecule has 1 N–H and O–H groups in total. The number of hydrogen-bond acceptors (Lipinski definition) is 2. The number of nitrogens with zero attached hydrogens (tertiary/aromatic N) is 1. The van der Waals surface area contributed by atoms with Gasteiger partial charge >= 0.3 is 0 Å². The van der Waals surface area contributed by atoms with E-state index in [0.717, 1.165) is 36.3 Å². The lowest BCUT2D eigenvalue weighted by atomic mass is 10.0. The summed E-state index contributed by atoms with van der Waals surface area (Å²) in [5, 5.41) is 3.50. The number of aryl methyl sites for hydroxylation is 1. The standard InChI is InChI=1S/C17H21FN2/c1-3-10-19-17(16-9-4-6-13(2)20-16)12-14-7-5-8-15(18)11-14/h4-9,11,17,19H,3,10,12H2,1-2H3. The van der Waals surface area contributed by atoms with Crippen LogP contribution in [0.4, 0.5) is 4.39 Å². The van der Waals surface area contributed by atoms with Gasteiger partial charge < -0.3 is 5.32 Å². The van der Waals surface area contributed by atoms with E-state index < -0.39 is 0 Å². The third-order valence-corrected chi connectivity index (χ3v) is 3.24. The fourth-order valence-electron chi connectivity index (χ4n) is 2.26. The summed E-state index contributed by atoms with van der Waals surface area (Å²) < 4.78 is 13.3. The van der Waals surface area contributed by atoms with E-state index >= 15 is 0 Å². The fourth-order valence-corrected chi connectivity index (χ4v) is 2.26. The van der Waals surface area contributed by atoms with E-state index in [1.165, 1.54) is 6.07 Å². The van der Waals surface area contributed by atoms with Gasteiger partial charge in [-0.05, 0) is 56.1 Å². The number of aromatic nitrogens is 1. The van der Waals surface area contributed by atoms with Gasteiger partial charge in [-0.3, -0.25) is 4.98 Å². The molecule has 2 nitrogen and oxygen atoms in total. The summed E-state index contributed by atoms with van der Waals surface area (Å²) in [6.45, 7) is 5.05. The molecule has 0 saturated carbocycles. The van der Waals surface area contributed by atoms with E-state index in [4.69, 9.17) is 0 Å². The number of rotatable bonds is 6. The van der Waals surface area contributed by atoms with Crippen molar-refractivity contribution >= 4 is 0 Å². The smallest absolute Gasteiger partial charge is 0.123 e. The molecule has 2 rings (SSSR count). The lowest BCUT2D eigenvalue weighted by Crippen LogP contribution is -2.25. The average molecular weight is 272 g/mol. The van der Waals surface area contributed by atoms with Crippen molar-refractivity contribution in [3.05, 3.63) is 65.2 Å². The van der Waals surface area contributed by atoms with E-state index in [0.29, 0.717) is 0 Å². The zero-order chi connectivity index (χ0) is 14.4. The second-order valence-electron chi connectivity index (χ2n) is 5.04. The van der Waals surface area contributed by atoms with Gasteiger partial charge in [-0.15, -0.1) is 0 Å². The van der Waals surface area contributed by atoms with Crippen LogP contribution in [-0.4, -0.2) is 11.5 Å². The largest absolute Gasteiger partial charge is 0.308 e. The Morgan fingerprint density at radius 1 is 1.20 bits per heavy atom. The van der Waals surface area contributed by atoms with Crippen LogP contribution in [0.5, 0.6) is 0 Å². The molecule has 1 unspecified atom stereocenters. The number of benzene rings is 1. The van der Waals surface area contributed by atoms with Crippen molar-refractivity contribution < 1.29 is 4.39 Å². The van der Waals surface area contributed by atoms with Gasteiger partial charge in [0, 0.05) is 5.69 Å². The van der Waals surface area contributed by atoms with Gasteiger partial charge in [0.15, 0.2) is 0 Å². The molecule has 3 heteroatoms. The highest BCUT2D eigenvalue weighted by atomic mass is 19.1. The predicted molar refractivity (Wildman–Crippen MR) is 80.1 cm³/mol. The van der Waals surface area contributed by atoms with Crippen molar-refractivity contribution in [1.82, 2.24) is 10.3 Å². The lowest BCUT2D eigenvalue weighted by Gasteiger charge is -2.18. The zero-order valence-electron chi connectivity index (χ0n) is 12.1. The molecule has 1 heterocycles. The highest BCUT2D eigenvalue weighted by Gasteiger charge is 2.13. The quantitative estimate of drug-likeness (QED) is 0.865. The number of halogens is 1. The molecule has 1 atom stereocenters. The average Bonchev–Trinajstić information content (AvgIpc) is 2.43. The maximum atomic E-state index is 13.3. The Morgan fingerprint density at radius 2 is 2.00 bits per heavy atom. The topological polar surface area (TPSA) is 24.9 Å². The molecule has 0 amide bonds. The van der Waals surface area contributed by atoms with Crippen LogP contribution in [0.2, 0.25) is 0 Å². The first kappa shape index (κ1) is 14.7. The Labute approximate surface area is 120 Å². The highest BCUT2D eigenvalue weighted by molar-refractivity contribution is 5.21. The Morgan fingerprint density at radius 3 is 2.70 bits per heavy atom. The minimum atomic E-state index is -0.186. The van der Waals surface area contributed by atoms with Crippen molar-refractivity contribution in [3.8, 4) is 0 Å². The highest BCUT2D eigenvalue weighted by Crippen LogP contribution is 2.18. The number of hydrogen-bond donors (Lipinski definition) is 1. The summed E-state index contributed by atoms with van der Waals surface area (Å²) in [4.78, 5) is 4.59. The van der Waals surface area contributed by atoms with E-state index in [2.05, 4.69) is 17.2 Å². The molecule has 0 fully saturated rings. The Balaban J connectivity index is 2.19. The zero-order valence-corrected chi connectivity index (χ0v) is 12.1. The lowest BCUT2D eigenvalue weighted by molar-refractivity contribution is 0.515. The molecule has 106 valence electrons. The molecule has 20 heavy (non-hydrogen) atoms. The molecule has 1 aromatic carbocycles. The number of pyridine rings is 1. The first-order valence-electron chi connectivity index (χ1n) is 7.10. The molecule has 2 aromatic rings. The van der Waals surface area contributed by atoms with E-state index in [9.17, 15) is 4.39 Å². The van der Waals surface area contributed by atoms with E-state index in [1.807, 2.05) is 31.2 Å². The summed E-state index contributed by atoms with van der Waals surface area (Å²) >= 11 is 0. The Kier molecular flexibility index (Phi) is 5.24. The van der Waals surface area contributed by atoms with Crippen LogP contribution >= 0.6 is 0 Å². The van der Waals surface area contributed by atoms with Gasteiger partial charge in [-0.25, -0.2) is 4.39 Å². The number of nitrogens with one attached hydrogen (secondary N) is 1. The first-order chi connectivity index (χ1) is 9.69. The van der Waals surface area contributed by atoms with Gasteiger partial charge in [-0.2, -0.15) is 0 Å². The molecule has 1 aromatic heterocycles. The van der Waals surface area contributed by atoms with Crippen LogP contribution in [0.3, 0.4) is 0 Å². The van der Waals surface area contributed by atoms with Crippen molar-refractivity contribution in [2.75, 3.05) is 6.54 Å². The fraction of sp³-hybridized carbons (Fsp3) is 0.353. The van der Waals surface area contributed by atoms with Gasteiger partial charge in [0.05, 0.1) is 11.7 Å². The summed E-state index contributed by atoms with van der Waals surface area (Å²) in [7, 11) is 0. The normalized spacial score (nSPS) is 12.3. The van der Waals surface area contributed by atoms with E-state index in [1.54, 1.807) is 12.1 Å². The molecular formula is C17H21FN2. The monoisotopic (exact) mass is 272 g/mol. The van der Waals surface area contributed by atoms with Crippen LogP contribution in [0.1, 0.15) is 36.3 Å². The summed E-state index contributed by atoms with van der Waals surface area (Å²) in [5.74, 6) is -0.186. The SMILES string of the molecule is CCCNC(Cc1cccc(F)c1)c1cccc(C)n1. The maximum absolute atomic E-state index is 13.3. The summed E-state index contributed by atoms with van der Waals surface area (Å²) in [6.07, 6.45) is 1.81. The molecule has 0 aliphatic rings. The second-order valence-corrected chi connectivity index (χ2v) is 5.04. The van der Waals surface area contributed by atoms with Crippen LogP contribution in [0.15, 0.2) is 42.5 Å². The van der Waals surface area contributed by atoms with Crippen molar-refractivity contribution in [3.63, 3.8) is 0 Å². The molecule has 0 spiro atoms. The van der Waals surface area contributed by atoms with Gasteiger partial charge in [0.25, 0.3) is 0 Å². The molecule has 0 aliphatic carbocycles. The molecule has 0 bridgehead atoms. The summed E-state index contributed by atoms with van der Waals surface area (Å²) in [5.41, 5.74) is 3.01. The van der Waals surface area contributed by atoms with Crippen molar-refractivity contribution in [1.29, 1.82) is 0 Å². The maximum Gasteiger partial charge on any atom is 0.123 e. The van der Waals surface area contributed by atoms with Gasteiger partial charge in [-0.1, -0.05) is 25.1 Å². The minimum Gasteiger partial charge on any atom is -0.308 e. The van der Waals surface area contributed by atoms with Crippen LogP contribution in [0, 0.1) is 12.7 Å². The van der Waals surface area contributed by atoms with Crippen LogP contribution in [0.25, 0.3) is 0 Å². The predicted octanol–water partition coefficient (Wildman–Crippen LogP) is 3.81. The molecule has 0 saturated heterocycles. The summed E-state index contributed by atoms with van der Waals surface area (Å²) in [6, 6.07) is 12.9. The van der Waals surface area contributed by atoms with Crippen molar-refractivity contribution in [2.24, 2.45) is 0 Å². The van der Waals surface area contributed by atoms with Gasteiger partial charge in [0.2, 0.25) is 0 Å². The first-order valence-corrected chi connectivity index (χ1v) is 7.10. The molecule has 0 radical (unpaired) electrons. The Bertz CT molecular complexity index is 554. The third kappa shape index (κ3) is 4.14. The minimum absolute atomic E-state index is 0.122. The third-order valence-electron chi connectivity index (χ3n) is 3.24. The van der Waals surface area contributed by atoms with Gasteiger partial charge in [0.1, 0.15) is 5.82 Å². The van der Waals surface area contributed by atoms with Crippen LogP contribution < -0.4 is 5.32 Å². The molecular weight excluding hydrogens is 251 g/mol. The van der Waals surface area contributed by atoms with Crippen LogP contribution in [-0.2, 0) is 6.42 Å². The second kappa shape index (κ2) is 7.15.